The topological polar surface area (TPSA) is 67.2 Å². The summed E-state index contributed by atoms with van der Waals surface area (Å²) in [5.41, 5.74) is 0.633. The van der Waals surface area contributed by atoms with Gasteiger partial charge in [-0.2, -0.15) is 13.2 Å². The maximum atomic E-state index is 12.5. The van der Waals surface area contributed by atoms with Crippen molar-refractivity contribution in [2.75, 3.05) is 0 Å². The van der Waals surface area contributed by atoms with Gasteiger partial charge >= 0.3 is 12.2 Å². The lowest BCUT2D eigenvalue weighted by Crippen LogP contribution is -2.41. The number of amides is 2. The maximum Gasteiger partial charge on any atom is 0.416 e. The van der Waals surface area contributed by atoms with Crippen LogP contribution in [0.1, 0.15) is 29.5 Å². The van der Waals surface area contributed by atoms with Crippen LogP contribution in [0.3, 0.4) is 0 Å². The minimum Gasteiger partial charge on any atom is -0.361 e. The monoisotopic (exact) mass is 341 g/mol. The summed E-state index contributed by atoms with van der Waals surface area (Å²) in [5, 5.41) is 9.11. The molecule has 1 aromatic carbocycles. The third-order valence-corrected chi connectivity index (χ3v) is 3.31. The van der Waals surface area contributed by atoms with E-state index in [9.17, 15) is 18.0 Å². The molecule has 8 heteroatoms. The van der Waals surface area contributed by atoms with Gasteiger partial charge in [-0.1, -0.05) is 17.3 Å². The van der Waals surface area contributed by atoms with Crippen molar-refractivity contribution in [1.29, 1.82) is 0 Å². The van der Waals surface area contributed by atoms with Crippen molar-refractivity contribution in [1.82, 2.24) is 15.8 Å². The number of rotatable bonds is 5. The van der Waals surface area contributed by atoms with Crippen molar-refractivity contribution < 1.29 is 22.5 Å². The quantitative estimate of drug-likeness (QED) is 0.875. The number of nitrogens with zero attached hydrogens (tertiary/aromatic N) is 1. The number of aromatic nitrogens is 1. The van der Waals surface area contributed by atoms with Crippen LogP contribution in [0.25, 0.3) is 0 Å². The van der Waals surface area contributed by atoms with Crippen LogP contribution in [-0.2, 0) is 19.1 Å². The molecule has 0 saturated heterocycles. The van der Waals surface area contributed by atoms with Crippen LogP contribution in [0.4, 0.5) is 18.0 Å². The summed E-state index contributed by atoms with van der Waals surface area (Å²) >= 11 is 0. The van der Waals surface area contributed by atoms with E-state index in [1.807, 2.05) is 0 Å². The van der Waals surface area contributed by atoms with Crippen molar-refractivity contribution in [2.45, 2.75) is 39.0 Å². The molecule has 0 saturated carbocycles. The standard InChI is InChI=1S/C16H18F3N3O2/c1-10(7-12-3-5-13(6-4-12)16(17,18)19)21-15(23)20-9-14-8-11(2)24-22-14/h3-6,8,10H,7,9H2,1-2H3,(H2,20,21,23)/t10-/m1/s1. The largest absolute Gasteiger partial charge is 0.416 e. The first-order chi connectivity index (χ1) is 11.2. The van der Waals surface area contributed by atoms with Crippen molar-refractivity contribution in [3.05, 3.63) is 52.9 Å². The van der Waals surface area contributed by atoms with Gasteiger partial charge in [0.05, 0.1) is 12.1 Å². The molecule has 0 aliphatic heterocycles. The summed E-state index contributed by atoms with van der Waals surface area (Å²) in [6.07, 6.45) is -3.92. The van der Waals surface area contributed by atoms with Gasteiger partial charge in [0, 0.05) is 12.1 Å². The third kappa shape index (κ3) is 5.29. The molecule has 0 fully saturated rings. The third-order valence-electron chi connectivity index (χ3n) is 3.31. The molecule has 0 unspecified atom stereocenters. The summed E-state index contributed by atoms with van der Waals surface area (Å²) in [6.45, 7) is 3.76. The Hall–Kier alpha value is -2.51. The molecule has 2 rings (SSSR count). The smallest absolute Gasteiger partial charge is 0.361 e. The van der Waals surface area contributed by atoms with E-state index in [0.29, 0.717) is 23.4 Å². The Balaban J connectivity index is 1.79. The lowest BCUT2D eigenvalue weighted by atomic mass is 10.1. The van der Waals surface area contributed by atoms with E-state index >= 15 is 0 Å². The average molecular weight is 341 g/mol. The van der Waals surface area contributed by atoms with E-state index in [1.54, 1.807) is 19.9 Å². The van der Waals surface area contributed by atoms with Crippen LogP contribution in [0.15, 0.2) is 34.9 Å². The number of hydrogen-bond acceptors (Lipinski definition) is 3. The fourth-order valence-electron chi connectivity index (χ4n) is 2.18. The van der Waals surface area contributed by atoms with E-state index in [4.69, 9.17) is 4.52 Å². The lowest BCUT2D eigenvalue weighted by Gasteiger charge is -2.15. The van der Waals surface area contributed by atoms with Crippen LogP contribution in [-0.4, -0.2) is 17.2 Å². The molecule has 1 aromatic heterocycles. The van der Waals surface area contributed by atoms with Crippen LogP contribution in [0.5, 0.6) is 0 Å². The zero-order valence-corrected chi connectivity index (χ0v) is 13.3. The van der Waals surface area contributed by atoms with Crippen molar-refractivity contribution in [3.8, 4) is 0 Å². The number of carbonyl (C=O) groups is 1. The molecule has 24 heavy (non-hydrogen) atoms. The molecule has 0 radical (unpaired) electrons. The van der Waals surface area contributed by atoms with E-state index in [1.165, 1.54) is 12.1 Å². The van der Waals surface area contributed by atoms with Crippen molar-refractivity contribution >= 4 is 6.03 Å². The first-order valence-electron chi connectivity index (χ1n) is 7.37. The van der Waals surface area contributed by atoms with E-state index < -0.39 is 11.7 Å². The molecular formula is C16H18F3N3O2. The van der Waals surface area contributed by atoms with Crippen molar-refractivity contribution in [2.24, 2.45) is 0 Å². The molecular weight excluding hydrogens is 323 g/mol. The zero-order chi connectivity index (χ0) is 17.7. The summed E-state index contributed by atoms with van der Waals surface area (Å²) in [4.78, 5) is 11.8. The number of hydrogen-bond donors (Lipinski definition) is 2. The Morgan fingerprint density at radius 2 is 1.96 bits per heavy atom. The molecule has 5 nitrogen and oxygen atoms in total. The maximum absolute atomic E-state index is 12.5. The van der Waals surface area contributed by atoms with Gasteiger partial charge in [0.25, 0.3) is 0 Å². The first-order valence-corrected chi connectivity index (χ1v) is 7.37. The molecule has 2 amide bonds. The van der Waals surface area contributed by atoms with E-state index in [2.05, 4.69) is 15.8 Å². The molecule has 0 aliphatic carbocycles. The highest BCUT2D eigenvalue weighted by Crippen LogP contribution is 2.29. The second kappa shape index (κ2) is 7.37. The second-order valence-corrected chi connectivity index (χ2v) is 5.56. The zero-order valence-electron chi connectivity index (χ0n) is 13.3. The molecule has 2 N–H and O–H groups in total. The number of urea groups is 1. The van der Waals surface area contributed by atoms with Gasteiger partial charge in [-0.15, -0.1) is 0 Å². The van der Waals surface area contributed by atoms with Gasteiger partial charge in [0.15, 0.2) is 0 Å². The number of benzene rings is 1. The average Bonchev–Trinajstić information content (AvgIpc) is 2.90. The minimum absolute atomic E-state index is 0.232. The molecule has 0 aliphatic rings. The van der Waals surface area contributed by atoms with Gasteiger partial charge in [0.1, 0.15) is 11.5 Å². The molecule has 0 bridgehead atoms. The number of nitrogens with one attached hydrogen (secondary N) is 2. The van der Waals surface area contributed by atoms with Gasteiger partial charge in [-0.3, -0.25) is 0 Å². The highest BCUT2D eigenvalue weighted by Gasteiger charge is 2.29. The first kappa shape index (κ1) is 17.8. The number of aryl methyl sites for hydroxylation is 1. The van der Waals surface area contributed by atoms with Crippen LogP contribution >= 0.6 is 0 Å². The Morgan fingerprint density at radius 3 is 2.50 bits per heavy atom. The second-order valence-electron chi connectivity index (χ2n) is 5.56. The Labute approximate surface area is 137 Å². The molecule has 130 valence electrons. The predicted molar refractivity (Wildman–Crippen MR) is 81.2 cm³/mol. The fourth-order valence-corrected chi connectivity index (χ4v) is 2.18. The highest BCUT2D eigenvalue weighted by atomic mass is 19.4. The molecule has 0 spiro atoms. The van der Waals surface area contributed by atoms with Crippen LogP contribution < -0.4 is 10.6 Å². The minimum atomic E-state index is -4.35. The normalized spacial score (nSPS) is 12.7. The van der Waals surface area contributed by atoms with Crippen LogP contribution in [0.2, 0.25) is 0 Å². The Morgan fingerprint density at radius 1 is 1.29 bits per heavy atom. The summed E-state index contributed by atoms with van der Waals surface area (Å²) in [7, 11) is 0. The lowest BCUT2D eigenvalue weighted by molar-refractivity contribution is -0.137. The van der Waals surface area contributed by atoms with Crippen LogP contribution in [0, 0.1) is 6.92 Å². The van der Waals surface area contributed by atoms with Gasteiger partial charge in [-0.05, 0) is 38.0 Å². The summed E-state index contributed by atoms with van der Waals surface area (Å²) in [6, 6.07) is 6.00. The molecule has 1 heterocycles. The highest BCUT2D eigenvalue weighted by molar-refractivity contribution is 5.74. The van der Waals surface area contributed by atoms with Gasteiger partial charge in [-0.25, -0.2) is 4.79 Å². The van der Waals surface area contributed by atoms with Gasteiger partial charge < -0.3 is 15.2 Å². The number of halogens is 3. The number of carbonyl (C=O) groups excluding carboxylic acids is 1. The Bertz CT molecular complexity index is 681. The van der Waals surface area contributed by atoms with E-state index in [0.717, 1.165) is 12.1 Å². The summed E-state index contributed by atoms with van der Waals surface area (Å²) in [5.74, 6) is 0.655. The SMILES string of the molecule is Cc1cc(CNC(=O)N[C@H](C)Cc2ccc(C(F)(F)F)cc2)no1. The predicted octanol–water partition coefficient (Wildman–Crippen LogP) is 3.43. The molecule has 1 atom stereocenters. The molecule has 2 aromatic rings. The van der Waals surface area contributed by atoms with E-state index in [-0.39, 0.29) is 18.6 Å². The number of alkyl halides is 3. The summed E-state index contributed by atoms with van der Waals surface area (Å²) < 4.78 is 42.4. The Kier molecular flexibility index (Phi) is 5.48. The van der Waals surface area contributed by atoms with Crippen molar-refractivity contribution in [3.63, 3.8) is 0 Å². The van der Waals surface area contributed by atoms with Gasteiger partial charge in [0.2, 0.25) is 0 Å². The fraction of sp³-hybridized carbons (Fsp3) is 0.375.